The standard InChI is InChI=1S/C23H31N3O4S/c1-18-10-11-22(30-3)21(16-18)26(31(4,28)29)19(2)23(27)25-14-12-24(13-15-25)17-20-8-6-5-7-9-20/h5-11,16,19H,12-15,17H2,1-4H3/t19-/m0/s1. The van der Waals surface area contributed by atoms with Crippen LogP contribution in [0.3, 0.4) is 0 Å². The van der Waals surface area contributed by atoms with E-state index in [-0.39, 0.29) is 5.91 Å². The van der Waals surface area contributed by atoms with E-state index < -0.39 is 16.1 Å². The Balaban J connectivity index is 1.74. The summed E-state index contributed by atoms with van der Waals surface area (Å²) in [6.07, 6.45) is 1.12. The second kappa shape index (κ2) is 9.70. The van der Waals surface area contributed by atoms with Crippen LogP contribution in [0.2, 0.25) is 0 Å². The van der Waals surface area contributed by atoms with Crippen molar-refractivity contribution in [1.82, 2.24) is 9.80 Å². The van der Waals surface area contributed by atoms with Gasteiger partial charge in [0.1, 0.15) is 11.8 Å². The molecule has 0 unspecified atom stereocenters. The maximum Gasteiger partial charge on any atom is 0.246 e. The normalized spacial score (nSPS) is 16.1. The van der Waals surface area contributed by atoms with E-state index in [2.05, 4.69) is 17.0 Å². The summed E-state index contributed by atoms with van der Waals surface area (Å²) in [7, 11) is -2.21. The minimum Gasteiger partial charge on any atom is -0.495 e. The molecule has 1 heterocycles. The molecule has 1 aliphatic heterocycles. The maximum absolute atomic E-state index is 13.3. The molecular weight excluding hydrogens is 414 g/mol. The Labute approximate surface area is 185 Å². The van der Waals surface area contributed by atoms with Crippen molar-refractivity contribution in [2.75, 3.05) is 43.8 Å². The minimum absolute atomic E-state index is 0.201. The van der Waals surface area contributed by atoms with Gasteiger partial charge in [0.2, 0.25) is 15.9 Å². The molecule has 1 saturated heterocycles. The van der Waals surface area contributed by atoms with Gasteiger partial charge in [0.25, 0.3) is 0 Å². The van der Waals surface area contributed by atoms with Gasteiger partial charge in [-0.15, -0.1) is 0 Å². The first kappa shape index (κ1) is 23.1. The van der Waals surface area contributed by atoms with Crippen molar-refractivity contribution in [3.05, 3.63) is 59.7 Å². The fourth-order valence-electron chi connectivity index (χ4n) is 3.98. The fraction of sp³-hybridized carbons (Fsp3) is 0.435. The molecule has 3 rings (SSSR count). The predicted octanol–water partition coefficient (Wildman–Crippen LogP) is 2.50. The molecule has 0 aliphatic carbocycles. The Kier molecular flexibility index (Phi) is 7.23. The molecule has 0 spiro atoms. The molecule has 0 bridgehead atoms. The van der Waals surface area contributed by atoms with E-state index in [0.29, 0.717) is 24.5 Å². The van der Waals surface area contributed by atoms with Gasteiger partial charge in [-0.2, -0.15) is 0 Å². The summed E-state index contributed by atoms with van der Waals surface area (Å²) < 4.78 is 31.9. The van der Waals surface area contributed by atoms with Crippen LogP contribution < -0.4 is 9.04 Å². The van der Waals surface area contributed by atoms with Crippen molar-refractivity contribution in [2.24, 2.45) is 0 Å². The molecule has 1 fully saturated rings. The van der Waals surface area contributed by atoms with Crippen molar-refractivity contribution < 1.29 is 17.9 Å². The Bertz CT molecular complexity index is 1000. The van der Waals surface area contributed by atoms with Gasteiger partial charge in [0.05, 0.1) is 19.1 Å². The third-order valence-corrected chi connectivity index (χ3v) is 6.80. The van der Waals surface area contributed by atoms with E-state index in [1.54, 1.807) is 24.0 Å². The van der Waals surface area contributed by atoms with Crippen molar-refractivity contribution >= 4 is 21.6 Å². The Morgan fingerprint density at radius 1 is 1.10 bits per heavy atom. The number of carbonyl (C=O) groups is 1. The number of ether oxygens (including phenoxy) is 1. The van der Waals surface area contributed by atoms with E-state index in [9.17, 15) is 13.2 Å². The lowest BCUT2D eigenvalue weighted by Crippen LogP contribution is -2.55. The van der Waals surface area contributed by atoms with Crippen molar-refractivity contribution in [3.8, 4) is 5.75 Å². The second-order valence-electron chi connectivity index (χ2n) is 8.00. The number of piperazine rings is 1. The van der Waals surface area contributed by atoms with E-state index in [0.717, 1.165) is 31.5 Å². The van der Waals surface area contributed by atoms with Crippen LogP contribution in [0.15, 0.2) is 48.5 Å². The van der Waals surface area contributed by atoms with Gasteiger partial charge in [-0.25, -0.2) is 8.42 Å². The highest BCUT2D eigenvalue weighted by molar-refractivity contribution is 7.92. The summed E-state index contributed by atoms with van der Waals surface area (Å²) in [5, 5.41) is 0. The average molecular weight is 446 g/mol. The van der Waals surface area contributed by atoms with Crippen LogP contribution in [0.4, 0.5) is 5.69 Å². The third-order valence-electron chi connectivity index (χ3n) is 5.57. The Hall–Kier alpha value is -2.58. The molecule has 1 amide bonds. The first-order chi connectivity index (χ1) is 14.7. The van der Waals surface area contributed by atoms with Gasteiger partial charge in [0.15, 0.2) is 0 Å². The number of methoxy groups -OCH3 is 1. The highest BCUT2D eigenvalue weighted by Gasteiger charge is 2.34. The lowest BCUT2D eigenvalue weighted by atomic mass is 10.1. The van der Waals surface area contributed by atoms with E-state index in [4.69, 9.17) is 4.74 Å². The van der Waals surface area contributed by atoms with Gasteiger partial charge in [-0.05, 0) is 37.1 Å². The number of rotatable bonds is 7. The lowest BCUT2D eigenvalue weighted by Gasteiger charge is -2.38. The first-order valence-electron chi connectivity index (χ1n) is 10.4. The second-order valence-corrected chi connectivity index (χ2v) is 9.86. The molecule has 2 aromatic carbocycles. The zero-order chi connectivity index (χ0) is 22.6. The first-order valence-corrected chi connectivity index (χ1v) is 12.2. The van der Waals surface area contributed by atoms with Gasteiger partial charge < -0.3 is 9.64 Å². The smallest absolute Gasteiger partial charge is 0.246 e. The molecule has 8 heteroatoms. The summed E-state index contributed by atoms with van der Waals surface area (Å²) in [5.74, 6) is 0.219. The summed E-state index contributed by atoms with van der Waals surface area (Å²) in [5.41, 5.74) is 2.51. The molecule has 0 saturated carbocycles. The number of hydrogen-bond donors (Lipinski definition) is 0. The molecule has 0 N–H and O–H groups in total. The number of carbonyl (C=O) groups excluding carboxylic acids is 1. The highest BCUT2D eigenvalue weighted by atomic mass is 32.2. The van der Waals surface area contributed by atoms with Crippen LogP contribution in [0.25, 0.3) is 0 Å². The predicted molar refractivity (Wildman–Crippen MR) is 123 cm³/mol. The molecule has 31 heavy (non-hydrogen) atoms. The minimum atomic E-state index is -3.71. The Morgan fingerprint density at radius 2 is 1.74 bits per heavy atom. The summed E-state index contributed by atoms with van der Waals surface area (Å²) in [4.78, 5) is 17.3. The Morgan fingerprint density at radius 3 is 2.32 bits per heavy atom. The molecule has 1 atom stereocenters. The quantitative estimate of drug-likeness (QED) is 0.655. The van der Waals surface area contributed by atoms with Crippen LogP contribution in [0.1, 0.15) is 18.1 Å². The molecular formula is C23H31N3O4S. The zero-order valence-corrected chi connectivity index (χ0v) is 19.4. The molecule has 0 aromatic heterocycles. The largest absolute Gasteiger partial charge is 0.495 e. The fourth-order valence-corrected chi connectivity index (χ4v) is 5.14. The average Bonchev–Trinajstić information content (AvgIpc) is 2.74. The number of amides is 1. The van der Waals surface area contributed by atoms with E-state index in [1.807, 2.05) is 31.2 Å². The number of sulfonamides is 1. The molecule has 168 valence electrons. The van der Waals surface area contributed by atoms with Crippen molar-refractivity contribution in [1.29, 1.82) is 0 Å². The lowest BCUT2D eigenvalue weighted by molar-refractivity contribution is -0.133. The third kappa shape index (κ3) is 5.57. The monoisotopic (exact) mass is 445 g/mol. The van der Waals surface area contributed by atoms with Gasteiger partial charge in [-0.3, -0.25) is 14.0 Å². The highest BCUT2D eigenvalue weighted by Crippen LogP contribution is 2.33. The van der Waals surface area contributed by atoms with Crippen LogP contribution in [0.5, 0.6) is 5.75 Å². The summed E-state index contributed by atoms with van der Waals surface area (Å²) in [6, 6.07) is 14.7. The van der Waals surface area contributed by atoms with Crippen LogP contribution in [0, 0.1) is 6.92 Å². The number of hydrogen-bond acceptors (Lipinski definition) is 5. The number of nitrogens with zero attached hydrogens (tertiary/aromatic N) is 3. The number of aryl methyl sites for hydroxylation is 1. The molecule has 2 aromatic rings. The van der Waals surface area contributed by atoms with Crippen molar-refractivity contribution in [2.45, 2.75) is 26.4 Å². The van der Waals surface area contributed by atoms with Gasteiger partial charge >= 0.3 is 0 Å². The van der Waals surface area contributed by atoms with E-state index in [1.165, 1.54) is 17.0 Å². The van der Waals surface area contributed by atoms with E-state index >= 15 is 0 Å². The van der Waals surface area contributed by atoms with Gasteiger partial charge in [-0.1, -0.05) is 36.4 Å². The summed E-state index contributed by atoms with van der Waals surface area (Å²) in [6.45, 7) is 6.99. The van der Waals surface area contributed by atoms with Gasteiger partial charge in [0, 0.05) is 32.7 Å². The van der Waals surface area contributed by atoms with Crippen LogP contribution >= 0.6 is 0 Å². The van der Waals surface area contributed by atoms with Crippen molar-refractivity contribution in [3.63, 3.8) is 0 Å². The topological polar surface area (TPSA) is 70.2 Å². The maximum atomic E-state index is 13.3. The molecule has 7 nitrogen and oxygen atoms in total. The van der Waals surface area contributed by atoms with Crippen LogP contribution in [-0.4, -0.2) is 69.7 Å². The SMILES string of the molecule is COc1ccc(C)cc1N([C@@H](C)C(=O)N1CCN(Cc2ccccc2)CC1)S(C)(=O)=O. The molecule has 1 aliphatic rings. The summed E-state index contributed by atoms with van der Waals surface area (Å²) >= 11 is 0. The van der Waals surface area contributed by atoms with Crippen LogP contribution in [-0.2, 0) is 21.4 Å². The molecule has 0 radical (unpaired) electrons. The number of benzene rings is 2. The number of anilines is 1. The zero-order valence-electron chi connectivity index (χ0n) is 18.6.